The average molecular weight is 1210 g/mol. The number of hydrogen-bond donors (Lipinski definition) is 7. The van der Waals surface area contributed by atoms with Crippen LogP contribution in [0.5, 0.6) is 11.8 Å². The standard InChI is InChI=1S/C15H15ClFN3O3S2.C15H18N6O6S.C8H14ClN5.C5H12NO4P/c1-23-13(21)8-24-12-7-11(10(17)6-9(12)16)18-14-19-4-2-3-5-20(19)15(22)25-14;1-21(2)13(22)9-6-5-7-16-12(9)28(24,25)20-15(23)19-14-17-10(26-3)8-11(18-14)27-4;1-4-10-7-12-6(9)13-8(14-7)11-5(2)3;1-11(9,10)3-2-4(6)5(7)8/h6-7H,2-5,8H2,1H3;5-8H,1-4H3,(H2,17,18,19,20,23);5H,4H2,1-3H3,(H2,10,11,12,13,14);4H,2-3,6H2,1H3,(H,7,8)(H,9,10). The first-order chi connectivity index (χ1) is 36.6. The van der Waals surface area contributed by atoms with Gasteiger partial charge in [0.15, 0.2) is 12.4 Å². The minimum atomic E-state index is -4.46. The summed E-state index contributed by atoms with van der Waals surface area (Å²) in [4.78, 5) is 96.3. The van der Waals surface area contributed by atoms with Gasteiger partial charge in [-0.15, -0.1) is 11.8 Å². The van der Waals surface area contributed by atoms with Crippen molar-refractivity contribution in [2.24, 2.45) is 10.7 Å². The van der Waals surface area contributed by atoms with Gasteiger partial charge >= 0.3 is 22.8 Å². The summed E-state index contributed by atoms with van der Waals surface area (Å²) in [6.07, 6.45) is 3.08. The van der Waals surface area contributed by atoms with Gasteiger partial charge in [-0.3, -0.25) is 33.7 Å². The number of carboxylic acids is 1. The lowest BCUT2D eigenvalue weighted by atomic mass is 10.2. The van der Waals surface area contributed by atoms with E-state index in [1.807, 2.05) is 20.8 Å². The van der Waals surface area contributed by atoms with Crippen LogP contribution in [0.25, 0.3) is 0 Å². The molecule has 1 aromatic carbocycles. The number of fused-ring (bicyclic) bond motifs is 1. The van der Waals surface area contributed by atoms with E-state index in [-0.39, 0.29) is 68.5 Å². The molecule has 35 heteroatoms. The van der Waals surface area contributed by atoms with Crippen LogP contribution in [0.4, 0.5) is 32.7 Å². The van der Waals surface area contributed by atoms with Crippen molar-refractivity contribution in [3.63, 3.8) is 0 Å². The maximum absolute atomic E-state index is 14.3. The highest BCUT2D eigenvalue weighted by Gasteiger charge is 2.27. The minimum absolute atomic E-state index is 0.0412. The van der Waals surface area contributed by atoms with Gasteiger partial charge in [-0.1, -0.05) is 11.6 Å². The molecule has 0 saturated carbocycles. The highest BCUT2D eigenvalue weighted by molar-refractivity contribution is 8.00. The van der Waals surface area contributed by atoms with Crippen LogP contribution in [0.2, 0.25) is 10.3 Å². The fraction of sp³-hybridized carbons (Fsp3) is 0.442. The van der Waals surface area contributed by atoms with Crippen molar-refractivity contribution in [2.75, 3.05) is 76.5 Å². The summed E-state index contributed by atoms with van der Waals surface area (Å²) < 4.78 is 69.6. The molecule has 28 nitrogen and oxygen atoms in total. The molecular formula is C43H59Cl2FN15O13PS3. The highest BCUT2D eigenvalue weighted by Crippen LogP contribution is 2.36. The first-order valence-electron chi connectivity index (χ1n) is 22.8. The third-order valence-electron chi connectivity index (χ3n) is 9.43. The van der Waals surface area contributed by atoms with Crippen LogP contribution < -0.4 is 45.6 Å². The molecule has 0 bridgehead atoms. The van der Waals surface area contributed by atoms with Crippen molar-refractivity contribution < 1.29 is 60.8 Å². The van der Waals surface area contributed by atoms with E-state index in [9.17, 15) is 41.3 Å². The van der Waals surface area contributed by atoms with Gasteiger partial charge in [0.1, 0.15) is 17.5 Å². The topological polar surface area (TPSA) is 382 Å². The fourth-order valence-electron chi connectivity index (χ4n) is 5.82. The number of urea groups is 1. The molecule has 428 valence electrons. The summed E-state index contributed by atoms with van der Waals surface area (Å²) >= 11 is 13.9. The van der Waals surface area contributed by atoms with Crippen molar-refractivity contribution in [1.29, 1.82) is 0 Å². The number of amides is 3. The normalized spacial score (nSPS) is 13.0. The monoisotopic (exact) mass is 1210 g/mol. The third-order valence-corrected chi connectivity index (χ3v) is 14.3. The maximum atomic E-state index is 14.3. The Morgan fingerprint density at radius 1 is 1.00 bits per heavy atom. The largest absolute Gasteiger partial charge is 0.481 e. The van der Waals surface area contributed by atoms with Crippen LogP contribution in [0.15, 0.2) is 56.2 Å². The Hall–Kier alpha value is -6.54. The number of sulfonamides is 1. The number of rotatable bonds is 18. The number of aliphatic carboxylic acids is 1. The molecule has 8 N–H and O–H groups in total. The number of methoxy groups -OCH3 is 3. The summed E-state index contributed by atoms with van der Waals surface area (Å²) in [5.74, 6) is -1.73. The lowest BCUT2D eigenvalue weighted by Crippen LogP contribution is -2.36. The van der Waals surface area contributed by atoms with E-state index >= 15 is 0 Å². The second-order valence-electron chi connectivity index (χ2n) is 16.3. The fourth-order valence-corrected chi connectivity index (χ4v) is 9.76. The van der Waals surface area contributed by atoms with E-state index in [1.54, 1.807) is 14.1 Å². The number of carboxylic acid groups (broad SMARTS) is 1. The van der Waals surface area contributed by atoms with Gasteiger partial charge in [-0.2, -0.15) is 33.3 Å². The number of nitrogens with two attached hydrogens (primary N) is 1. The van der Waals surface area contributed by atoms with Crippen LogP contribution in [-0.4, -0.2) is 159 Å². The van der Waals surface area contributed by atoms with E-state index in [0.717, 1.165) is 48.6 Å². The Balaban J connectivity index is 0.000000291. The number of esters is 1. The van der Waals surface area contributed by atoms with Gasteiger partial charge in [0.05, 0.1) is 43.7 Å². The molecular weight excluding hydrogens is 1150 g/mol. The number of ether oxygens (including phenoxy) is 3. The Morgan fingerprint density at radius 2 is 1.63 bits per heavy atom. The lowest BCUT2D eigenvalue weighted by molar-refractivity contribution is -0.139. The SMILES string of the molecule is CCNc1nc(Cl)nc(NC(C)C)n1.COC(=O)CSc1cc(N=c2sc(=O)n3n2CCCC3)c(F)cc1Cl.COc1cc(OC)nc(NC(=O)NS(=O)(=O)c2ncccc2C(=O)N(C)C)n1.CP(=O)(O)CCC(N)C(=O)O. The minimum Gasteiger partial charge on any atom is -0.481 e. The molecule has 2 unspecified atom stereocenters. The molecule has 6 rings (SSSR count). The molecule has 78 heavy (non-hydrogen) atoms. The molecule has 0 aliphatic carbocycles. The quantitative estimate of drug-likeness (QED) is 0.0364. The molecule has 4 aromatic heterocycles. The third kappa shape index (κ3) is 21.7. The number of carbonyl (C=O) groups is 4. The number of nitrogens with zero attached hydrogens (tertiary/aromatic N) is 10. The maximum Gasteiger partial charge on any atom is 0.335 e. The van der Waals surface area contributed by atoms with E-state index in [1.165, 1.54) is 77.5 Å². The molecule has 5 heterocycles. The zero-order chi connectivity index (χ0) is 58.5. The van der Waals surface area contributed by atoms with Crippen molar-refractivity contribution in [3.8, 4) is 11.8 Å². The van der Waals surface area contributed by atoms with Gasteiger partial charge in [0.2, 0.25) is 39.7 Å². The summed E-state index contributed by atoms with van der Waals surface area (Å²) in [5, 5.41) is 16.3. The van der Waals surface area contributed by atoms with Crippen LogP contribution in [0, 0.1) is 5.82 Å². The van der Waals surface area contributed by atoms with E-state index in [2.05, 4.69) is 55.6 Å². The highest BCUT2D eigenvalue weighted by atomic mass is 35.5. The van der Waals surface area contributed by atoms with Crippen LogP contribution in [0.3, 0.4) is 0 Å². The Bertz CT molecular complexity index is 3160. The smallest absolute Gasteiger partial charge is 0.335 e. The molecule has 1 aliphatic rings. The number of hydrogen-bond acceptors (Lipinski definition) is 23. The van der Waals surface area contributed by atoms with Gasteiger partial charge in [-0.05, 0) is 87.2 Å². The van der Waals surface area contributed by atoms with Gasteiger partial charge in [0.25, 0.3) is 15.9 Å². The lowest BCUT2D eigenvalue weighted by Gasteiger charge is -2.15. The summed E-state index contributed by atoms with van der Waals surface area (Å²) in [7, 11) is -0.654. The van der Waals surface area contributed by atoms with Gasteiger partial charge in [-0.25, -0.2) is 28.6 Å². The van der Waals surface area contributed by atoms with E-state index < -0.39 is 58.2 Å². The number of carbonyl (C=O) groups excluding carboxylic acids is 3. The van der Waals surface area contributed by atoms with Crippen molar-refractivity contribution >= 4 is 111 Å². The predicted molar refractivity (Wildman–Crippen MR) is 291 cm³/mol. The van der Waals surface area contributed by atoms with E-state index in [0.29, 0.717) is 34.7 Å². The zero-order valence-electron chi connectivity index (χ0n) is 43.5. The number of nitrogens with one attached hydrogen (secondary N) is 4. The van der Waals surface area contributed by atoms with Crippen LogP contribution in [-0.2, 0) is 42.0 Å². The molecule has 5 aromatic rings. The number of pyridine rings is 1. The Labute approximate surface area is 465 Å². The number of halogens is 3. The summed E-state index contributed by atoms with van der Waals surface area (Å²) in [6.45, 7) is 9.23. The number of anilines is 3. The molecule has 0 radical (unpaired) electrons. The number of benzene rings is 1. The number of thioether (sulfide) groups is 1. The second kappa shape index (κ2) is 31.2. The van der Waals surface area contributed by atoms with Crippen LogP contribution >= 0.6 is 53.7 Å². The Kier molecular flexibility index (Phi) is 26.3. The van der Waals surface area contributed by atoms with Crippen molar-refractivity contribution in [2.45, 2.75) is 75.1 Å². The molecule has 2 atom stereocenters. The van der Waals surface area contributed by atoms with Crippen molar-refractivity contribution in [3.05, 3.63) is 72.7 Å². The summed E-state index contributed by atoms with van der Waals surface area (Å²) in [6, 6.07) is 4.78. The molecule has 0 saturated heterocycles. The first kappa shape index (κ1) is 65.7. The van der Waals surface area contributed by atoms with Crippen LogP contribution in [0.1, 0.15) is 50.4 Å². The number of aromatic nitrogens is 8. The molecule has 1 aliphatic heterocycles. The van der Waals surface area contributed by atoms with E-state index in [4.69, 9.17) is 48.4 Å². The van der Waals surface area contributed by atoms with Crippen molar-refractivity contribution in [1.82, 2.24) is 48.9 Å². The Morgan fingerprint density at radius 3 is 2.19 bits per heavy atom. The van der Waals surface area contributed by atoms with Gasteiger partial charge < -0.3 is 45.5 Å². The zero-order valence-corrected chi connectivity index (χ0v) is 48.4. The molecule has 0 fully saturated rings. The first-order valence-corrected chi connectivity index (χ1v) is 29.2. The molecule has 0 spiro atoms. The van der Waals surface area contributed by atoms with Gasteiger partial charge in [0, 0.05) is 63.7 Å². The molecule has 3 amide bonds. The second-order valence-corrected chi connectivity index (χ2v) is 23.1. The summed E-state index contributed by atoms with van der Waals surface area (Å²) in [5.41, 5.74) is 4.99. The average Bonchev–Trinajstić information content (AvgIpc) is 3.69. The predicted octanol–water partition coefficient (Wildman–Crippen LogP) is 4.36.